The summed E-state index contributed by atoms with van der Waals surface area (Å²) in [6.07, 6.45) is 0. The molecule has 0 amide bonds. The van der Waals surface area contributed by atoms with Crippen molar-refractivity contribution in [1.82, 2.24) is 0 Å². The first-order valence-corrected chi connectivity index (χ1v) is 4.79. The van der Waals surface area contributed by atoms with Crippen molar-refractivity contribution in [3.8, 4) is 0 Å². The molecule has 0 atom stereocenters. The SMILES string of the molecule is C[n+]1c(N)ccc2ccccc21.F[B-](F)(F)F. The molecule has 2 nitrogen and oxygen atoms in total. The maximum absolute atomic E-state index is 9.75. The van der Waals surface area contributed by atoms with E-state index in [9.17, 15) is 17.3 Å². The highest BCUT2D eigenvalue weighted by molar-refractivity contribution is 6.50. The van der Waals surface area contributed by atoms with Crippen LogP contribution in [0.15, 0.2) is 36.4 Å². The van der Waals surface area contributed by atoms with Gasteiger partial charge in [0.1, 0.15) is 5.52 Å². The summed E-state index contributed by atoms with van der Waals surface area (Å²) < 4.78 is 41.0. The van der Waals surface area contributed by atoms with Gasteiger partial charge >= 0.3 is 7.25 Å². The average molecular weight is 246 g/mol. The van der Waals surface area contributed by atoms with Gasteiger partial charge < -0.3 is 17.3 Å². The van der Waals surface area contributed by atoms with E-state index < -0.39 is 7.25 Å². The van der Waals surface area contributed by atoms with E-state index in [0.717, 1.165) is 11.3 Å². The van der Waals surface area contributed by atoms with Crippen molar-refractivity contribution in [2.75, 3.05) is 5.73 Å². The van der Waals surface area contributed by atoms with Crippen LogP contribution in [0.3, 0.4) is 0 Å². The summed E-state index contributed by atoms with van der Waals surface area (Å²) in [6, 6.07) is 12.1. The average Bonchev–Trinajstić information content (AvgIpc) is 2.22. The lowest BCUT2D eigenvalue weighted by molar-refractivity contribution is -0.629. The van der Waals surface area contributed by atoms with Gasteiger partial charge in [-0.25, -0.2) is 4.57 Å². The molecule has 7 heteroatoms. The molecule has 1 aromatic heterocycles. The maximum Gasteiger partial charge on any atom is 0.673 e. The highest BCUT2D eigenvalue weighted by Crippen LogP contribution is 2.09. The highest BCUT2D eigenvalue weighted by Gasteiger charge is 2.20. The predicted molar refractivity (Wildman–Crippen MR) is 59.7 cm³/mol. The van der Waals surface area contributed by atoms with Gasteiger partial charge in [0.05, 0.1) is 7.05 Å². The van der Waals surface area contributed by atoms with Crippen LogP contribution in [0.25, 0.3) is 10.9 Å². The Bertz CT molecular complexity index is 507. The smallest absolute Gasteiger partial charge is 0.418 e. The standard InChI is InChI=1S/C10H10N2.BF4/c1-12-9-5-3-2-4-8(9)6-7-10(12)11;2-1(3,4)5/h2-7,11H,1H3;/q;-1/p+1. The van der Waals surface area contributed by atoms with Crippen LogP contribution in [0.4, 0.5) is 23.1 Å². The Morgan fingerprint density at radius 1 is 1.00 bits per heavy atom. The number of para-hydroxylation sites is 1. The van der Waals surface area contributed by atoms with Crippen LogP contribution in [-0.4, -0.2) is 7.25 Å². The van der Waals surface area contributed by atoms with Gasteiger partial charge in [-0.3, -0.25) is 5.73 Å². The number of pyridine rings is 1. The molecular weight excluding hydrogens is 235 g/mol. The minimum absolute atomic E-state index is 0.786. The summed E-state index contributed by atoms with van der Waals surface area (Å²) >= 11 is 0. The molecule has 0 aliphatic carbocycles. The van der Waals surface area contributed by atoms with Crippen LogP contribution in [-0.2, 0) is 7.05 Å². The van der Waals surface area contributed by atoms with E-state index in [1.807, 2.05) is 35.9 Å². The van der Waals surface area contributed by atoms with Crippen molar-refractivity contribution in [3.63, 3.8) is 0 Å². The van der Waals surface area contributed by atoms with Crippen LogP contribution in [0.1, 0.15) is 0 Å². The molecule has 2 aromatic rings. The third-order valence-corrected chi connectivity index (χ3v) is 2.12. The zero-order valence-electron chi connectivity index (χ0n) is 9.08. The van der Waals surface area contributed by atoms with Crippen molar-refractivity contribution < 1.29 is 21.8 Å². The van der Waals surface area contributed by atoms with Crippen molar-refractivity contribution in [2.24, 2.45) is 7.05 Å². The first-order valence-electron chi connectivity index (χ1n) is 4.79. The van der Waals surface area contributed by atoms with Gasteiger partial charge in [-0.05, 0) is 12.1 Å². The number of aromatic nitrogens is 1. The van der Waals surface area contributed by atoms with Gasteiger partial charge in [0.25, 0.3) is 5.82 Å². The molecule has 0 saturated heterocycles. The second-order valence-electron chi connectivity index (χ2n) is 3.37. The molecule has 2 rings (SSSR count). The number of nitrogen functional groups attached to an aromatic ring is 1. The van der Waals surface area contributed by atoms with E-state index in [0.29, 0.717) is 0 Å². The number of anilines is 1. The number of hydrogen-bond acceptors (Lipinski definition) is 1. The van der Waals surface area contributed by atoms with Gasteiger partial charge in [0.2, 0.25) is 0 Å². The molecule has 17 heavy (non-hydrogen) atoms. The predicted octanol–water partition coefficient (Wildman–Crippen LogP) is 2.55. The first-order chi connectivity index (χ1) is 7.79. The minimum Gasteiger partial charge on any atom is -0.418 e. The summed E-state index contributed by atoms with van der Waals surface area (Å²) in [4.78, 5) is 0. The zero-order chi connectivity index (χ0) is 13.1. The molecular formula is C10H11BF4N2. The summed E-state index contributed by atoms with van der Waals surface area (Å²) in [5, 5.41) is 1.22. The van der Waals surface area contributed by atoms with Crippen LogP contribution in [0.2, 0.25) is 0 Å². The van der Waals surface area contributed by atoms with Crippen molar-refractivity contribution in [1.29, 1.82) is 0 Å². The Hall–Kier alpha value is -1.79. The van der Waals surface area contributed by atoms with Gasteiger partial charge in [-0.2, -0.15) is 0 Å². The Kier molecular flexibility index (Phi) is 3.93. The van der Waals surface area contributed by atoms with E-state index in [1.54, 1.807) is 0 Å². The second kappa shape index (κ2) is 5.03. The lowest BCUT2D eigenvalue weighted by atomic mass is 10.2. The Balaban J connectivity index is 0.000000249. The van der Waals surface area contributed by atoms with Gasteiger partial charge in [0, 0.05) is 11.5 Å². The summed E-state index contributed by atoms with van der Waals surface area (Å²) in [5.41, 5.74) is 6.91. The summed E-state index contributed by atoms with van der Waals surface area (Å²) in [6.45, 7) is 0. The minimum atomic E-state index is -6.00. The second-order valence-corrected chi connectivity index (χ2v) is 3.37. The molecule has 2 N–H and O–H groups in total. The Morgan fingerprint density at radius 2 is 1.53 bits per heavy atom. The number of nitrogens with zero attached hydrogens (tertiary/aromatic N) is 1. The molecule has 0 aliphatic heterocycles. The normalized spacial score (nSPS) is 10.9. The third-order valence-electron chi connectivity index (χ3n) is 2.12. The molecule has 1 heterocycles. The first kappa shape index (κ1) is 13.3. The van der Waals surface area contributed by atoms with E-state index in [-0.39, 0.29) is 0 Å². The number of halogens is 4. The molecule has 0 spiro atoms. The molecule has 92 valence electrons. The molecule has 0 aliphatic rings. The van der Waals surface area contributed by atoms with Gasteiger partial charge in [-0.1, -0.05) is 18.2 Å². The van der Waals surface area contributed by atoms with Crippen molar-refractivity contribution >= 4 is 24.0 Å². The highest BCUT2D eigenvalue weighted by atomic mass is 19.5. The van der Waals surface area contributed by atoms with E-state index in [2.05, 4.69) is 12.1 Å². The Morgan fingerprint density at radius 3 is 2.12 bits per heavy atom. The number of rotatable bonds is 0. The maximum atomic E-state index is 9.75. The lowest BCUT2D eigenvalue weighted by Gasteiger charge is -2.00. The monoisotopic (exact) mass is 246 g/mol. The van der Waals surface area contributed by atoms with E-state index in [4.69, 9.17) is 5.73 Å². The Labute approximate surface area is 95.8 Å². The largest absolute Gasteiger partial charge is 0.673 e. The van der Waals surface area contributed by atoms with E-state index >= 15 is 0 Å². The number of benzene rings is 1. The van der Waals surface area contributed by atoms with Crippen LogP contribution in [0, 0.1) is 0 Å². The van der Waals surface area contributed by atoms with Crippen LogP contribution < -0.4 is 10.3 Å². The van der Waals surface area contributed by atoms with Crippen molar-refractivity contribution in [2.45, 2.75) is 0 Å². The molecule has 0 radical (unpaired) electrons. The lowest BCUT2D eigenvalue weighted by Crippen LogP contribution is -2.32. The fourth-order valence-electron chi connectivity index (χ4n) is 1.36. The number of fused-ring (bicyclic) bond motifs is 1. The molecule has 1 aromatic carbocycles. The fourth-order valence-corrected chi connectivity index (χ4v) is 1.36. The number of hydrogen-bond donors (Lipinski definition) is 1. The van der Waals surface area contributed by atoms with Gasteiger partial charge in [0.15, 0.2) is 0 Å². The quantitative estimate of drug-likeness (QED) is 0.432. The van der Waals surface area contributed by atoms with Crippen molar-refractivity contribution in [3.05, 3.63) is 36.4 Å². The molecule has 0 saturated carbocycles. The van der Waals surface area contributed by atoms with Crippen LogP contribution in [0.5, 0.6) is 0 Å². The van der Waals surface area contributed by atoms with Gasteiger partial charge in [-0.15, -0.1) is 0 Å². The number of nitrogens with two attached hydrogens (primary N) is 1. The zero-order valence-corrected chi connectivity index (χ0v) is 9.08. The molecule has 0 bridgehead atoms. The summed E-state index contributed by atoms with van der Waals surface area (Å²) in [5.74, 6) is 0.786. The van der Waals surface area contributed by atoms with E-state index in [1.165, 1.54) is 5.39 Å². The van der Waals surface area contributed by atoms with Crippen LogP contribution >= 0.6 is 0 Å². The molecule has 0 unspecified atom stereocenters. The molecule has 0 fully saturated rings. The summed E-state index contributed by atoms with van der Waals surface area (Å²) in [7, 11) is -4.03. The topological polar surface area (TPSA) is 29.9 Å². The third kappa shape index (κ3) is 4.30. The fraction of sp³-hybridized carbons (Fsp3) is 0.100. The number of aryl methyl sites for hydroxylation is 1.